The molecule has 0 aliphatic heterocycles. The van der Waals surface area contributed by atoms with Crippen LogP contribution in [0.25, 0.3) is 0 Å². The van der Waals surface area contributed by atoms with Gasteiger partial charge in [-0.15, -0.1) is 0 Å². The second kappa shape index (κ2) is 7.29. The number of nitrogens with one attached hydrogen (secondary N) is 1. The summed E-state index contributed by atoms with van der Waals surface area (Å²) in [4.78, 5) is 14.2. The Morgan fingerprint density at radius 2 is 1.90 bits per heavy atom. The number of nitrogens with zero attached hydrogens (tertiary/aromatic N) is 1. The molecule has 0 saturated heterocycles. The second-order valence-electron chi connectivity index (χ2n) is 5.98. The standard InChI is InChI=1S/C16H27N3O/c1-11(2)10-19(12(3)4)16(20)18-15-8-6-7-14(9-15)13(5)17/h6-9,11-13H,10,17H2,1-5H3,(H,18,20). The summed E-state index contributed by atoms with van der Waals surface area (Å²) in [6.45, 7) is 11.0. The monoisotopic (exact) mass is 277 g/mol. The molecule has 0 saturated carbocycles. The Balaban J connectivity index is 2.80. The SMILES string of the molecule is CC(C)CN(C(=O)Nc1cccc(C(C)N)c1)C(C)C. The van der Waals surface area contributed by atoms with E-state index in [1.807, 2.05) is 49.9 Å². The van der Waals surface area contributed by atoms with Crippen LogP contribution >= 0.6 is 0 Å². The Kier molecular flexibility index (Phi) is 6.02. The summed E-state index contributed by atoms with van der Waals surface area (Å²) in [5, 5.41) is 2.96. The van der Waals surface area contributed by atoms with Gasteiger partial charge in [0.1, 0.15) is 0 Å². The van der Waals surface area contributed by atoms with Crippen molar-refractivity contribution in [1.29, 1.82) is 0 Å². The Labute approximate surface area is 122 Å². The normalized spacial score (nSPS) is 12.6. The average Bonchev–Trinajstić information content (AvgIpc) is 2.35. The number of rotatable bonds is 5. The zero-order valence-corrected chi connectivity index (χ0v) is 13.2. The summed E-state index contributed by atoms with van der Waals surface area (Å²) >= 11 is 0. The number of carbonyl (C=O) groups is 1. The highest BCUT2D eigenvalue weighted by molar-refractivity contribution is 5.89. The lowest BCUT2D eigenvalue weighted by Gasteiger charge is -2.28. The lowest BCUT2D eigenvalue weighted by atomic mass is 10.1. The van der Waals surface area contributed by atoms with Gasteiger partial charge in [-0.05, 0) is 44.4 Å². The van der Waals surface area contributed by atoms with E-state index in [1.165, 1.54) is 0 Å². The molecular weight excluding hydrogens is 250 g/mol. The molecule has 0 heterocycles. The van der Waals surface area contributed by atoms with Crippen molar-refractivity contribution < 1.29 is 4.79 Å². The molecule has 1 unspecified atom stereocenters. The topological polar surface area (TPSA) is 58.4 Å². The lowest BCUT2D eigenvalue weighted by molar-refractivity contribution is 0.188. The molecule has 1 rings (SSSR count). The van der Waals surface area contributed by atoms with E-state index >= 15 is 0 Å². The number of hydrogen-bond donors (Lipinski definition) is 2. The van der Waals surface area contributed by atoms with Crippen LogP contribution in [-0.4, -0.2) is 23.5 Å². The molecule has 2 amide bonds. The third-order valence-electron chi connectivity index (χ3n) is 3.11. The van der Waals surface area contributed by atoms with E-state index in [4.69, 9.17) is 5.73 Å². The molecule has 4 nitrogen and oxygen atoms in total. The molecule has 112 valence electrons. The van der Waals surface area contributed by atoms with Crippen LogP contribution in [0.15, 0.2) is 24.3 Å². The number of nitrogens with two attached hydrogens (primary N) is 1. The van der Waals surface area contributed by atoms with Crippen LogP contribution in [0.1, 0.15) is 46.2 Å². The molecule has 0 aliphatic carbocycles. The van der Waals surface area contributed by atoms with Crippen molar-refractivity contribution in [2.24, 2.45) is 11.7 Å². The number of carbonyl (C=O) groups excluding carboxylic acids is 1. The summed E-state index contributed by atoms with van der Waals surface area (Å²) in [5.74, 6) is 0.443. The van der Waals surface area contributed by atoms with Crippen molar-refractivity contribution in [1.82, 2.24) is 4.90 Å². The van der Waals surface area contributed by atoms with E-state index in [0.717, 1.165) is 17.8 Å². The maximum atomic E-state index is 12.4. The average molecular weight is 277 g/mol. The van der Waals surface area contributed by atoms with E-state index in [-0.39, 0.29) is 18.1 Å². The summed E-state index contributed by atoms with van der Waals surface area (Å²) in [5.41, 5.74) is 7.67. The van der Waals surface area contributed by atoms with Gasteiger partial charge >= 0.3 is 6.03 Å². The van der Waals surface area contributed by atoms with Crippen molar-refractivity contribution in [3.8, 4) is 0 Å². The van der Waals surface area contributed by atoms with Crippen LogP contribution in [0, 0.1) is 5.92 Å². The fourth-order valence-electron chi connectivity index (χ4n) is 2.02. The third-order valence-corrected chi connectivity index (χ3v) is 3.11. The Morgan fingerprint density at radius 3 is 2.40 bits per heavy atom. The molecule has 3 N–H and O–H groups in total. The smallest absolute Gasteiger partial charge is 0.322 e. The van der Waals surface area contributed by atoms with Crippen molar-refractivity contribution in [2.75, 3.05) is 11.9 Å². The van der Waals surface area contributed by atoms with Crippen LogP contribution in [0.4, 0.5) is 10.5 Å². The van der Waals surface area contributed by atoms with E-state index in [2.05, 4.69) is 19.2 Å². The number of urea groups is 1. The van der Waals surface area contributed by atoms with E-state index in [0.29, 0.717) is 5.92 Å². The van der Waals surface area contributed by atoms with Crippen molar-refractivity contribution in [3.05, 3.63) is 29.8 Å². The first kappa shape index (κ1) is 16.5. The van der Waals surface area contributed by atoms with Crippen molar-refractivity contribution in [3.63, 3.8) is 0 Å². The molecular formula is C16H27N3O. The minimum absolute atomic E-state index is 0.0382. The Morgan fingerprint density at radius 1 is 1.25 bits per heavy atom. The summed E-state index contributed by atoms with van der Waals surface area (Å²) in [6, 6.07) is 7.77. The predicted molar refractivity (Wildman–Crippen MR) is 84.7 cm³/mol. The Bertz CT molecular complexity index is 441. The van der Waals surface area contributed by atoms with Gasteiger partial charge in [-0.2, -0.15) is 0 Å². The van der Waals surface area contributed by atoms with Crippen molar-refractivity contribution in [2.45, 2.75) is 46.7 Å². The van der Waals surface area contributed by atoms with Gasteiger partial charge in [0.25, 0.3) is 0 Å². The van der Waals surface area contributed by atoms with Crippen molar-refractivity contribution >= 4 is 11.7 Å². The highest BCUT2D eigenvalue weighted by atomic mass is 16.2. The number of hydrogen-bond acceptors (Lipinski definition) is 2. The van der Waals surface area contributed by atoms with Gasteiger partial charge in [-0.25, -0.2) is 4.79 Å². The molecule has 1 aromatic rings. The highest BCUT2D eigenvalue weighted by Gasteiger charge is 2.18. The van der Waals surface area contributed by atoms with E-state index in [1.54, 1.807) is 0 Å². The predicted octanol–water partition coefficient (Wildman–Crippen LogP) is 3.60. The number of benzene rings is 1. The minimum atomic E-state index is -0.0597. The summed E-state index contributed by atoms with van der Waals surface area (Å²) in [7, 11) is 0. The van der Waals surface area contributed by atoms with Gasteiger partial charge in [0.2, 0.25) is 0 Å². The molecule has 0 fully saturated rings. The van der Waals surface area contributed by atoms with Gasteiger partial charge in [0, 0.05) is 24.3 Å². The first-order chi connectivity index (χ1) is 9.31. The quantitative estimate of drug-likeness (QED) is 0.864. The molecule has 0 aliphatic rings. The van der Waals surface area contributed by atoms with Crippen LogP contribution in [-0.2, 0) is 0 Å². The molecule has 4 heteroatoms. The molecule has 20 heavy (non-hydrogen) atoms. The van der Waals surface area contributed by atoms with E-state index < -0.39 is 0 Å². The maximum absolute atomic E-state index is 12.4. The first-order valence-electron chi connectivity index (χ1n) is 7.24. The number of anilines is 1. The van der Waals surface area contributed by atoms with E-state index in [9.17, 15) is 4.79 Å². The summed E-state index contributed by atoms with van der Waals surface area (Å²) in [6.07, 6.45) is 0. The van der Waals surface area contributed by atoms with Gasteiger partial charge < -0.3 is 16.0 Å². The summed E-state index contributed by atoms with van der Waals surface area (Å²) < 4.78 is 0. The number of amides is 2. The fraction of sp³-hybridized carbons (Fsp3) is 0.562. The lowest BCUT2D eigenvalue weighted by Crippen LogP contribution is -2.42. The first-order valence-corrected chi connectivity index (χ1v) is 7.24. The van der Waals surface area contributed by atoms with Gasteiger partial charge in [0.15, 0.2) is 0 Å². The van der Waals surface area contributed by atoms with Gasteiger partial charge in [0.05, 0.1) is 0 Å². The van der Waals surface area contributed by atoms with Crippen LogP contribution in [0.2, 0.25) is 0 Å². The van der Waals surface area contributed by atoms with Gasteiger partial charge in [-0.1, -0.05) is 26.0 Å². The highest BCUT2D eigenvalue weighted by Crippen LogP contribution is 2.16. The fourth-order valence-corrected chi connectivity index (χ4v) is 2.02. The second-order valence-corrected chi connectivity index (χ2v) is 5.98. The largest absolute Gasteiger partial charge is 0.324 e. The molecule has 0 bridgehead atoms. The maximum Gasteiger partial charge on any atom is 0.322 e. The molecule has 0 radical (unpaired) electrons. The third kappa shape index (κ3) is 4.85. The molecule has 1 aromatic carbocycles. The zero-order chi connectivity index (χ0) is 15.3. The Hall–Kier alpha value is -1.55. The van der Waals surface area contributed by atoms with Gasteiger partial charge in [-0.3, -0.25) is 0 Å². The van der Waals surface area contributed by atoms with Crippen LogP contribution < -0.4 is 11.1 Å². The van der Waals surface area contributed by atoms with Crippen LogP contribution in [0.3, 0.4) is 0 Å². The molecule has 0 aromatic heterocycles. The molecule has 0 spiro atoms. The van der Waals surface area contributed by atoms with Crippen LogP contribution in [0.5, 0.6) is 0 Å². The molecule has 1 atom stereocenters. The zero-order valence-electron chi connectivity index (χ0n) is 13.2. The minimum Gasteiger partial charge on any atom is -0.324 e.